The van der Waals surface area contributed by atoms with Crippen LogP contribution in [0, 0.1) is 5.82 Å². The van der Waals surface area contributed by atoms with Gasteiger partial charge in [0.15, 0.2) is 0 Å². The Labute approximate surface area is 99.4 Å². The van der Waals surface area contributed by atoms with E-state index in [-0.39, 0.29) is 11.4 Å². The predicted octanol–water partition coefficient (Wildman–Crippen LogP) is 2.44. The molecule has 4 heteroatoms. The molecule has 0 unspecified atom stereocenters. The van der Waals surface area contributed by atoms with Crippen LogP contribution in [0.25, 0.3) is 11.0 Å². The zero-order chi connectivity index (χ0) is 12.0. The molecule has 0 atom stereocenters. The third-order valence-electron chi connectivity index (χ3n) is 3.78. The molecule has 17 heavy (non-hydrogen) atoms. The highest BCUT2D eigenvalue weighted by molar-refractivity contribution is 5.76. The Morgan fingerprint density at radius 1 is 1.35 bits per heavy atom. The molecule has 1 fully saturated rings. The summed E-state index contributed by atoms with van der Waals surface area (Å²) in [4.78, 5) is 4.52. The molecule has 3 nitrogen and oxygen atoms in total. The number of imidazole rings is 1. The van der Waals surface area contributed by atoms with Crippen molar-refractivity contribution in [3.8, 4) is 0 Å². The van der Waals surface area contributed by atoms with Gasteiger partial charge >= 0.3 is 0 Å². The van der Waals surface area contributed by atoms with Crippen LogP contribution in [0.3, 0.4) is 0 Å². The number of hydrogen-bond acceptors (Lipinski definition) is 2. The summed E-state index contributed by atoms with van der Waals surface area (Å²) in [5.41, 5.74) is 7.71. The van der Waals surface area contributed by atoms with Gasteiger partial charge in [-0.1, -0.05) is 12.8 Å². The first-order chi connectivity index (χ1) is 8.10. The van der Waals surface area contributed by atoms with Gasteiger partial charge in [0, 0.05) is 13.1 Å². The second-order valence-electron chi connectivity index (χ2n) is 4.99. The average molecular weight is 233 g/mol. The lowest BCUT2D eigenvalue weighted by Gasteiger charge is -2.22. The molecule has 3 rings (SSSR count). The van der Waals surface area contributed by atoms with Crippen LogP contribution >= 0.6 is 0 Å². The van der Waals surface area contributed by atoms with Crippen molar-refractivity contribution in [1.29, 1.82) is 0 Å². The van der Waals surface area contributed by atoms with E-state index < -0.39 is 0 Å². The summed E-state index contributed by atoms with van der Waals surface area (Å²) in [6, 6.07) is 4.70. The molecule has 2 N–H and O–H groups in total. The minimum Gasteiger partial charge on any atom is -0.330 e. The molecule has 0 amide bonds. The fourth-order valence-corrected chi connectivity index (χ4v) is 2.85. The zero-order valence-corrected chi connectivity index (χ0v) is 9.91. The molecule has 90 valence electrons. The normalized spacial score (nSPS) is 19.0. The lowest BCUT2D eigenvalue weighted by atomic mass is 9.98. The van der Waals surface area contributed by atoms with Gasteiger partial charge in [0.2, 0.25) is 0 Å². The van der Waals surface area contributed by atoms with E-state index in [0.29, 0.717) is 5.52 Å². The molecular weight excluding hydrogens is 217 g/mol. The van der Waals surface area contributed by atoms with Gasteiger partial charge in [0.05, 0.1) is 16.6 Å². The van der Waals surface area contributed by atoms with Crippen molar-refractivity contribution in [2.24, 2.45) is 12.8 Å². The van der Waals surface area contributed by atoms with E-state index in [9.17, 15) is 4.39 Å². The molecule has 1 aliphatic rings. The Morgan fingerprint density at radius 2 is 2.06 bits per heavy atom. The number of hydrogen-bond donors (Lipinski definition) is 1. The van der Waals surface area contributed by atoms with Crippen LogP contribution in [0.4, 0.5) is 4.39 Å². The van der Waals surface area contributed by atoms with Crippen molar-refractivity contribution in [3.63, 3.8) is 0 Å². The van der Waals surface area contributed by atoms with Crippen molar-refractivity contribution in [2.45, 2.75) is 31.2 Å². The number of rotatable bonds is 1. The quantitative estimate of drug-likeness (QED) is 0.822. The first-order valence-electron chi connectivity index (χ1n) is 6.01. The highest BCUT2D eigenvalue weighted by Gasteiger charge is 2.35. The Kier molecular flexibility index (Phi) is 2.23. The molecule has 1 aromatic carbocycles. The van der Waals surface area contributed by atoms with E-state index >= 15 is 0 Å². The van der Waals surface area contributed by atoms with Crippen molar-refractivity contribution < 1.29 is 4.39 Å². The standard InChI is InChI=1S/C13H16FN3/c1-17-11-5-4-9(14)8-10(11)16-12(17)13(15)6-2-3-7-13/h4-5,8H,2-3,6-7,15H2,1H3. The second kappa shape index (κ2) is 3.53. The fraction of sp³-hybridized carbons (Fsp3) is 0.462. The van der Waals surface area contributed by atoms with Gasteiger partial charge in [-0.15, -0.1) is 0 Å². The van der Waals surface area contributed by atoms with E-state index in [1.54, 1.807) is 6.07 Å². The molecule has 1 aliphatic carbocycles. The molecule has 0 spiro atoms. The smallest absolute Gasteiger partial charge is 0.129 e. The third kappa shape index (κ3) is 1.55. The summed E-state index contributed by atoms with van der Waals surface area (Å²) in [6.07, 6.45) is 4.22. The van der Waals surface area contributed by atoms with Gasteiger partial charge in [0.1, 0.15) is 11.6 Å². The monoisotopic (exact) mass is 233 g/mol. The summed E-state index contributed by atoms with van der Waals surface area (Å²) < 4.78 is 15.2. The summed E-state index contributed by atoms with van der Waals surface area (Å²) in [5.74, 6) is 0.634. The van der Waals surface area contributed by atoms with E-state index in [1.165, 1.54) is 12.1 Å². The van der Waals surface area contributed by atoms with Gasteiger partial charge in [-0.05, 0) is 25.0 Å². The predicted molar refractivity (Wildman–Crippen MR) is 65.0 cm³/mol. The lowest BCUT2D eigenvalue weighted by Crippen LogP contribution is -2.36. The molecule has 2 aromatic rings. The largest absolute Gasteiger partial charge is 0.330 e. The SMILES string of the molecule is Cn1c(C2(N)CCCC2)nc2cc(F)ccc21. The third-order valence-corrected chi connectivity index (χ3v) is 3.78. The number of fused-ring (bicyclic) bond motifs is 1. The van der Waals surface area contributed by atoms with Gasteiger partial charge < -0.3 is 10.3 Å². The number of benzene rings is 1. The topological polar surface area (TPSA) is 43.8 Å². The lowest BCUT2D eigenvalue weighted by molar-refractivity contribution is 0.420. The van der Waals surface area contributed by atoms with E-state index in [2.05, 4.69) is 4.98 Å². The van der Waals surface area contributed by atoms with E-state index in [4.69, 9.17) is 5.73 Å². The maximum Gasteiger partial charge on any atom is 0.129 e. The molecular formula is C13H16FN3. The van der Waals surface area contributed by atoms with Crippen LogP contribution in [0.2, 0.25) is 0 Å². The van der Waals surface area contributed by atoms with Gasteiger partial charge in [0.25, 0.3) is 0 Å². The van der Waals surface area contributed by atoms with Crippen LogP contribution < -0.4 is 5.73 Å². The number of nitrogens with two attached hydrogens (primary N) is 1. The Morgan fingerprint density at radius 3 is 2.76 bits per heavy atom. The number of nitrogens with zero attached hydrogens (tertiary/aromatic N) is 2. The van der Waals surface area contributed by atoms with E-state index in [0.717, 1.165) is 37.0 Å². The maximum absolute atomic E-state index is 13.2. The van der Waals surface area contributed by atoms with Gasteiger partial charge in [-0.25, -0.2) is 9.37 Å². The molecule has 0 saturated heterocycles. The number of aromatic nitrogens is 2. The first-order valence-corrected chi connectivity index (χ1v) is 6.01. The van der Waals surface area contributed by atoms with Gasteiger partial charge in [-0.3, -0.25) is 0 Å². The fourth-order valence-electron chi connectivity index (χ4n) is 2.85. The summed E-state index contributed by atoms with van der Waals surface area (Å²) >= 11 is 0. The van der Waals surface area contributed by atoms with Crippen LogP contribution in [-0.2, 0) is 12.6 Å². The van der Waals surface area contributed by atoms with Crippen LogP contribution in [-0.4, -0.2) is 9.55 Å². The maximum atomic E-state index is 13.2. The molecule has 0 radical (unpaired) electrons. The first kappa shape index (κ1) is 10.7. The zero-order valence-electron chi connectivity index (χ0n) is 9.91. The highest BCUT2D eigenvalue weighted by atomic mass is 19.1. The number of halogens is 1. The Bertz CT molecular complexity index is 567. The van der Waals surface area contributed by atoms with Crippen LogP contribution in [0.15, 0.2) is 18.2 Å². The minimum atomic E-state index is -0.329. The minimum absolute atomic E-state index is 0.250. The van der Waals surface area contributed by atoms with Crippen molar-refractivity contribution in [1.82, 2.24) is 9.55 Å². The number of aryl methyl sites for hydroxylation is 1. The Balaban J connectivity index is 2.20. The second-order valence-corrected chi connectivity index (χ2v) is 4.99. The van der Waals surface area contributed by atoms with Crippen molar-refractivity contribution in [2.75, 3.05) is 0 Å². The molecule has 1 heterocycles. The Hall–Kier alpha value is -1.42. The van der Waals surface area contributed by atoms with Gasteiger partial charge in [-0.2, -0.15) is 0 Å². The van der Waals surface area contributed by atoms with Crippen molar-refractivity contribution >= 4 is 11.0 Å². The molecule has 1 saturated carbocycles. The molecule has 0 aliphatic heterocycles. The van der Waals surface area contributed by atoms with Crippen molar-refractivity contribution in [3.05, 3.63) is 29.8 Å². The van der Waals surface area contributed by atoms with Crippen LogP contribution in [0.1, 0.15) is 31.5 Å². The van der Waals surface area contributed by atoms with E-state index in [1.807, 2.05) is 11.6 Å². The summed E-state index contributed by atoms with van der Waals surface area (Å²) in [7, 11) is 1.95. The van der Waals surface area contributed by atoms with Crippen LogP contribution in [0.5, 0.6) is 0 Å². The molecule has 1 aromatic heterocycles. The molecule has 0 bridgehead atoms. The highest BCUT2D eigenvalue weighted by Crippen LogP contribution is 2.36. The summed E-state index contributed by atoms with van der Waals surface area (Å²) in [6.45, 7) is 0. The summed E-state index contributed by atoms with van der Waals surface area (Å²) in [5, 5.41) is 0. The average Bonchev–Trinajstić information content (AvgIpc) is 2.85.